The predicted molar refractivity (Wildman–Crippen MR) is 48.9 cm³/mol. The first kappa shape index (κ1) is 10.2. The number of carbonyl (C=O) groups is 2. The van der Waals surface area contributed by atoms with E-state index < -0.39 is 0 Å². The van der Waals surface area contributed by atoms with Gasteiger partial charge in [-0.25, -0.2) is 5.01 Å². The van der Waals surface area contributed by atoms with Gasteiger partial charge in [0.2, 0.25) is 5.91 Å². The van der Waals surface area contributed by atoms with E-state index in [0.717, 1.165) is 25.8 Å². The molecule has 4 nitrogen and oxygen atoms in total. The molecule has 1 saturated heterocycles. The summed E-state index contributed by atoms with van der Waals surface area (Å²) in [5.74, 6) is 0.188. The van der Waals surface area contributed by atoms with Gasteiger partial charge in [-0.2, -0.15) is 0 Å². The summed E-state index contributed by atoms with van der Waals surface area (Å²) in [6.07, 6.45) is 2.96. The van der Waals surface area contributed by atoms with Gasteiger partial charge < -0.3 is 4.79 Å². The van der Waals surface area contributed by atoms with Crippen LogP contribution in [0.4, 0.5) is 0 Å². The fourth-order valence-electron chi connectivity index (χ4n) is 1.54. The minimum absolute atomic E-state index is 0.188. The van der Waals surface area contributed by atoms with Crippen LogP contribution in [-0.4, -0.2) is 41.8 Å². The van der Waals surface area contributed by atoms with Crippen LogP contribution in [0.5, 0.6) is 0 Å². The van der Waals surface area contributed by atoms with Gasteiger partial charge in [0.15, 0.2) is 0 Å². The van der Waals surface area contributed by atoms with E-state index in [0.29, 0.717) is 19.4 Å². The van der Waals surface area contributed by atoms with Crippen LogP contribution >= 0.6 is 0 Å². The van der Waals surface area contributed by atoms with Crippen LogP contribution in [0.2, 0.25) is 0 Å². The zero-order valence-electron chi connectivity index (χ0n) is 8.03. The molecule has 1 aliphatic rings. The van der Waals surface area contributed by atoms with E-state index in [1.54, 1.807) is 5.01 Å². The first-order valence-corrected chi connectivity index (χ1v) is 4.78. The Bertz CT molecular complexity index is 194. The first-order valence-electron chi connectivity index (χ1n) is 4.78. The number of nitrogens with zero attached hydrogens (tertiary/aromatic N) is 2. The zero-order valence-corrected chi connectivity index (χ0v) is 8.03. The molecule has 0 aromatic carbocycles. The Morgan fingerprint density at radius 3 is 2.85 bits per heavy atom. The number of amides is 1. The van der Waals surface area contributed by atoms with Crippen molar-refractivity contribution < 1.29 is 9.59 Å². The van der Waals surface area contributed by atoms with Gasteiger partial charge in [0.1, 0.15) is 6.29 Å². The zero-order chi connectivity index (χ0) is 9.68. The maximum atomic E-state index is 11.3. The SMILES string of the molecule is CCCN1C(=O)CCN1CCC=O. The molecule has 0 aromatic rings. The Balaban J connectivity index is 2.43. The number of hydrogen-bond acceptors (Lipinski definition) is 3. The third kappa shape index (κ3) is 2.52. The molecule has 0 spiro atoms. The normalized spacial score (nSPS) is 18.2. The number of aldehydes is 1. The second-order valence-corrected chi connectivity index (χ2v) is 3.18. The summed E-state index contributed by atoms with van der Waals surface area (Å²) in [5, 5.41) is 3.74. The first-order chi connectivity index (χ1) is 6.29. The minimum atomic E-state index is 0.188. The van der Waals surface area contributed by atoms with E-state index >= 15 is 0 Å². The molecule has 0 radical (unpaired) electrons. The van der Waals surface area contributed by atoms with Gasteiger partial charge >= 0.3 is 0 Å². The molecular weight excluding hydrogens is 168 g/mol. The van der Waals surface area contributed by atoms with Crippen molar-refractivity contribution in [3.63, 3.8) is 0 Å². The van der Waals surface area contributed by atoms with E-state index in [-0.39, 0.29) is 5.91 Å². The van der Waals surface area contributed by atoms with Crippen molar-refractivity contribution in [2.75, 3.05) is 19.6 Å². The van der Waals surface area contributed by atoms with Crippen molar-refractivity contribution in [1.82, 2.24) is 10.0 Å². The molecule has 0 unspecified atom stereocenters. The fourth-order valence-corrected chi connectivity index (χ4v) is 1.54. The molecule has 1 rings (SSSR count). The monoisotopic (exact) mass is 184 g/mol. The Morgan fingerprint density at radius 1 is 1.46 bits per heavy atom. The third-order valence-electron chi connectivity index (χ3n) is 2.15. The maximum absolute atomic E-state index is 11.3. The molecule has 0 bridgehead atoms. The average molecular weight is 184 g/mol. The minimum Gasteiger partial charge on any atom is -0.303 e. The molecule has 1 heterocycles. The van der Waals surface area contributed by atoms with Crippen molar-refractivity contribution in [3.8, 4) is 0 Å². The summed E-state index contributed by atoms with van der Waals surface area (Å²) < 4.78 is 0. The van der Waals surface area contributed by atoms with Gasteiger partial charge in [0.25, 0.3) is 0 Å². The topological polar surface area (TPSA) is 40.6 Å². The van der Waals surface area contributed by atoms with E-state index in [4.69, 9.17) is 0 Å². The second-order valence-electron chi connectivity index (χ2n) is 3.18. The van der Waals surface area contributed by atoms with Gasteiger partial charge in [-0.15, -0.1) is 0 Å². The highest BCUT2D eigenvalue weighted by Gasteiger charge is 2.26. The smallest absolute Gasteiger partial charge is 0.238 e. The van der Waals surface area contributed by atoms with Crippen molar-refractivity contribution in [2.24, 2.45) is 0 Å². The Morgan fingerprint density at radius 2 is 2.23 bits per heavy atom. The van der Waals surface area contributed by atoms with Crippen LogP contribution in [0, 0.1) is 0 Å². The van der Waals surface area contributed by atoms with Gasteiger partial charge in [0.05, 0.1) is 0 Å². The van der Waals surface area contributed by atoms with Crippen LogP contribution in [0.1, 0.15) is 26.2 Å². The maximum Gasteiger partial charge on any atom is 0.238 e. The number of carbonyl (C=O) groups excluding carboxylic acids is 2. The highest BCUT2D eigenvalue weighted by molar-refractivity contribution is 5.77. The van der Waals surface area contributed by atoms with Crippen LogP contribution in [0.3, 0.4) is 0 Å². The standard InChI is InChI=1S/C9H16N2O2/c1-2-5-11-9(13)4-7-10(11)6-3-8-12/h8H,2-7H2,1H3. The molecule has 1 amide bonds. The second kappa shape index (κ2) is 4.97. The molecule has 0 aromatic heterocycles. The molecule has 0 saturated carbocycles. The molecule has 1 aliphatic heterocycles. The largest absolute Gasteiger partial charge is 0.303 e. The van der Waals surface area contributed by atoms with Gasteiger partial charge in [-0.1, -0.05) is 6.92 Å². The summed E-state index contributed by atoms with van der Waals surface area (Å²) in [5.41, 5.74) is 0. The van der Waals surface area contributed by atoms with Crippen molar-refractivity contribution in [2.45, 2.75) is 26.2 Å². The Kier molecular flexibility index (Phi) is 3.89. The summed E-state index contributed by atoms with van der Waals surface area (Å²) in [7, 11) is 0. The Hall–Kier alpha value is -0.900. The number of hydrogen-bond donors (Lipinski definition) is 0. The van der Waals surface area contributed by atoms with Crippen LogP contribution in [0.25, 0.3) is 0 Å². The van der Waals surface area contributed by atoms with E-state index in [1.807, 2.05) is 11.9 Å². The molecule has 0 atom stereocenters. The van der Waals surface area contributed by atoms with Crippen molar-refractivity contribution in [3.05, 3.63) is 0 Å². The summed E-state index contributed by atoms with van der Waals surface area (Å²) in [6.45, 7) is 4.27. The third-order valence-corrected chi connectivity index (χ3v) is 2.15. The molecule has 0 N–H and O–H groups in total. The highest BCUT2D eigenvalue weighted by atomic mass is 16.2. The number of rotatable bonds is 5. The summed E-state index contributed by atoms with van der Waals surface area (Å²) in [4.78, 5) is 21.5. The quantitative estimate of drug-likeness (QED) is 0.582. The van der Waals surface area contributed by atoms with E-state index in [1.165, 1.54) is 0 Å². The molecular formula is C9H16N2O2. The number of hydrazine groups is 1. The molecule has 74 valence electrons. The lowest BCUT2D eigenvalue weighted by Gasteiger charge is -2.26. The molecule has 4 heteroatoms. The molecule has 13 heavy (non-hydrogen) atoms. The Labute approximate surface area is 78.5 Å². The van der Waals surface area contributed by atoms with Crippen LogP contribution in [-0.2, 0) is 9.59 Å². The van der Waals surface area contributed by atoms with E-state index in [2.05, 4.69) is 0 Å². The summed E-state index contributed by atoms with van der Waals surface area (Å²) in [6, 6.07) is 0. The van der Waals surface area contributed by atoms with Gasteiger partial charge in [0, 0.05) is 32.5 Å². The average Bonchev–Trinajstić information content (AvgIpc) is 2.46. The van der Waals surface area contributed by atoms with Crippen molar-refractivity contribution in [1.29, 1.82) is 0 Å². The van der Waals surface area contributed by atoms with Crippen LogP contribution < -0.4 is 0 Å². The summed E-state index contributed by atoms with van der Waals surface area (Å²) >= 11 is 0. The van der Waals surface area contributed by atoms with E-state index in [9.17, 15) is 9.59 Å². The van der Waals surface area contributed by atoms with Crippen LogP contribution in [0.15, 0.2) is 0 Å². The van der Waals surface area contributed by atoms with Crippen molar-refractivity contribution >= 4 is 12.2 Å². The lowest BCUT2D eigenvalue weighted by Crippen LogP contribution is -2.40. The lowest BCUT2D eigenvalue weighted by atomic mass is 10.4. The fraction of sp³-hybridized carbons (Fsp3) is 0.778. The predicted octanol–water partition coefficient (Wildman–Crippen LogP) is 0.435. The van der Waals surface area contributed by atoms with Gasteiger partial charge in [-0.3, -0.25) is 9.80 Å². The van der Waals surface area contributed by atoms with Gasteiger partial charge in [-0.05, 0) is 6.42 Å². The molecule has 0 aliphatic carbocycles. The lowest BCUT2D eigenvalue weighted by molar-refractivity contribution is -0.138. The molecule has 1 fully saturated rings. The highest BCUT2D eigenvalue weighted by Crippen LogP contribution is 2.12.